The third-order valence-electron chi connectivity index (χ3n) is 4.15. The fourth-order valence-corrected chi connectivity index (χ4v) is 2.42. The maximum Gasteiger partial charge on any atom is 0.0737 e. The van der Waals surface area contributed by atoms with Crippen molar-refractivity contribution in [2.45, 2.75) is 66.0 Å². The highest BCUT2D eigenvalue weighted by molar-refractivity contribution is 5.85. The van der Waals surface area contributed by atoms with Crippen LogP contribution in [-0.2, 0) is 12.0 Å². The van der Waals surface area contributed by atoms with Crippen LogP contribution in [0.4, 0.5) is 0 Å². The second kappa shape index (κ2) is 6.15. The number of rotatable bonds is 4. The minimum Gasteiger partial charge on any atom is -0.310 e. The van der Waals surface area contributed by atoms with Crippen LogP contribution < -0.4 is 5.32 Å². The van der Waals surface area contributed by atoms with Gasteiger partial charge in [-0.3, -0.25) is 4.98 Å². The van der Waals surface area contributed by atoms with E-state index in [0.29, 0.717) is 6.04 Å². The highest BCUT2D eigenvalue weighted by Gasteiger charge is 2.18. The molecule has 2 aromatic rings. The van der Waals surface area contributed by atoms with Crippen LogP contribution in [0.5, 0.6) is 0 Å². The molecule has 21 heavy (non-hydrogen) atoms. The van der Waals surface area contributed by atoms with Crippen molar-refractivity contribution in [3.63, 3.8) is 0 Å². The van der Waals surface area contributed by atoms with E-state index in [1.165, 1.54) is 22.2 Å². The number of benzene rings is 1. The van der Waals surface area contributed by atoms with Gasteiger partial charge in [0.1, 0.15) is 0 Å². The van der Waals surface area contributed by atoms with Crippen LogP contribution >= 0.6 is 0 Å². The lowest BCUT2D eigenvalue weighted by Gasteiger charge is -2.21. The summed E-state index contributed by atoms with van der Waals surface area (Å²) in [7, 11) is 0. The summed E-state index contributed by atoms with van der Waals surface area (Å²) in [5.41, 5.74) is 5.00. The molecule has 1 atom stereocenters. The Morgan fingerprint density at radius 2 is 1.95 bits per heavy atom. The molecule has 0 radical (unpaired) electrons. The summed E-state index contributed by atoms with van der Waals surface area (Å²) >= 11 is 0. The van der Waals surface area contributed by atoms with Crippen LogP contribution in [0, 0.1) is 6.92 Å². The lowest BCUT2D eigenvalue weighted by atomic mass is 9.89. The molecule has 0 aliphatic carbocycles. The SMILES string of the molecule is CCC(C)NCc1cc(C(C)(C)C)nc2c(C)cccc12. The third-order valence-corrected chi connectivity index (χ3v) is 4.15. The van der Waals surface area contributed by atoms with Crippen molar-refractivity contribution >= 4 is 10.9 Å². The Morgan fingerprint density at radius 3 is 2.57 bits per heavy atom. The molecule has 0 saturated carbocycles. The Hall–Kier alpha value is -1.41. The number of aryl methyl sites for hydroxylation is 1. The zero-order chi connectivity index (χ0) is 15.6. The van der Waals surface area contributed by atoms with Gasteiger partial charge in [-0.05, 0) is 37.5 Å². The Balaban J connectivity index is 2.53. The molecule has 2 nitrogen and oxygen atoms in total. The topological polar surface area (TPSA) is 24.9 Å². The summed E-state index contributed by atoms with van der Waals surface area (Å²) in [5.74, 6) is 0. The summed E-state index contributed by atoms with van der Waals surface area (Å²) in [4.78, 5) is 4.93. The van der Waals surface area contributed by atoms with Crippen LogP contribution in [-0.4, -0.2) is 11.0 Å². The molecule has 0 amide bonds. The van der Waals surface area contributed by atoms with Crippen molar-refractivity contribution in [3.05, 3.63) is 41.1 Å². The average molecular weight is 284 g/mol. The molecule has 1 N–H and O–H groups in total. The van der Waals surface area contributed by atoms with Gasteiger partial charge in [-0.1, -0.05) is 45.9 Å². The van der Waals surface area contributed by atoms with Gasteiger partial charge in [0.15, 0.2) is 0 Å². The number of nitrogens with zero attached hydrogens (tertiary/aromatic N) is 1. The molecule has 1 aromatic heterocycles. The first kappa shape index (κ1) is 16.0. The molecule has 0 aliphatic heterocycles. The minimum absolute atomic E-state index is 0.0710. The predicted octanol–water partition coefficient (Wildman–Crippen LogP) is 4.73. The van der Waals surface area contributed by atoms with E-state index in [1.54, 1.807) is 0 Å². The molecular weight excluding hydrogens is 256 g/mol. The first-order chi connectivity index (χ1) is 9.82. The highest BCUT2D eigenvalue weighted by atomic mass is 14.9. The summed E-state index contributed by atoms with van der Waals surface area (Å²) in [6.07, 6.45) is 1.15. The molecule has 1 unspecified atom stereocenters. The zero-order valence-corrected chi connectivity index (χ0v) is 14.2. The van der Waals surface area contributed by atoms with E-state index in [2.05, 4.69) is 71.1 Å². The molecular formula is C19H28N2. The lowest BCUT2D eigenvalue weighted by molar-refractivity contribution is 0.532. The fourth-order valence-electron chi connectivity index (χ4n) is 2.42. The van der Waals surface area contributed by atoms with Crippen molar-refractivity contribution in [3.8, 4) is 0 Å². The van der Waals surface area contributed by atoms with E-state index in [9.17, 15) is 0 Å². The molecule has 0 spiro atoms. The standard InChI is InChI=1S/C19H28N2/c1-7-14(3)20-12-15-11-17(19(4,5)6)21-18-13(2)9-8-10-16(15)18/h8-11,14,20H,7,12H2,1-6H3. The molecule has 0 saturated heterocycles. The van der Waals surface area contributed by atoms with E-state index in [4.69, 9.17) is 4.98 Å². The first-order valence-electron chi connectivity index (χ1n) is 7.96. The van der Waals surface area contributed by atoms with E-state index in [-0.39, 0.29) is 5.41 Å². The Morgan fingerprint density at radius 1 is 1.24 bits per heavy atom. The summed E-state index contributed by atoms with van der Waals surface area (Å²) in [6, 6.07) is 9.28. The molecule has 2 rings (SSSR count). The lowest BCUT2D eigenvalue weighted by Crippen LogP contribution is -2.25. The fraction of sp³-hybridized carbons (Fsp3) is 0.526. The van der Waals surface area contributed by atoms with Gasteiger partial charge in [-0.2, -0.15) is 0 Å². The van der Waals surface area contributed by atoms with Crippen molar-refractivity contribution in [2.75, 3.05) is 0 Å². The molecule has 1 aromatic carbocycles. The van der Waals surface area contributed by atoms with Gasteiger partial charge in [0.05, 0.1) is 5.52 Å². The van der Waals surface area contributed by atoms with Crippen LogP contribution in [0.25, 0.3) is 10.9 Å². The van der Waals surface area contributed by atoms with Gasteiger partial charge in [0.25, 0.3) is 0 Å². The van der Waals surface area contributed by atoms with Crippen LogP contribution in [0.3, 0.4) is 0 Å². The minimum atomic E-state index is 0.0710. The molecule has 0 bridgehead atoms. The van der Waals surface area contributed by atoms with E-state index in [0.717, 1.165) is 18.5 Å². The smallest absolute Gasteiger partial charge is 0.0737 e. The number of hydrogen-bond donors (Lipinski definition) is 1. The maximum atomic E-state index is 4.93. The van der Waals surface area contributed by atoms with Gasteiger partial charge in [0, 0.05) is 29.1 Å². The molecule has 114 valence electrons. The van der Waals surface area contributed by atoms with Crippen molar-refractivity contribution < 1.29 is 0 Å². The molecule has 0 fully saturated rings. The summed E-state index contributed by atoms with van der Waals surface area (Å²) in [6.45, 7) is 14.2. The maximum absolute atomic E-state index is 4.93. The van der Waals surface area contributed by atoms with E-state index < -0.39 is 0 Å². The molecule has 1 heterocycles. The van der Waals surface area contributed by atoms with E-state index in [1.807, 2.05) is 0 Å². The monoisotopic (exact) mass is 284 g/mol. The Bertz CT molecular complexity index is 623. The third kappa shape index (κ3) is 3.62. The quantitative estimate of drug-likeness (QED) is 0.878. The largest absolute Gasteiger partial charge is 0.310 e. The number of pyridine rings is 1. The molecule has 2 heteroatoms. The number of nitrogens with one attached hydrogen (secondary N) is 1. The average Bonchev–Trinajstić information content (AvgIpc) is 2.43. The zero-order valence-electron chi connectivity index (χ0n) is 14.2. The second-order valence-electron chi connectivity index (χ2n) is 7.08. The van der Waals surface area contributed by atoms with Gasteiger partial charge in [-0.15, -0.1) is 0 Å². The number of aromatic nitrogens is 1. The van der Waals surface area contributed by atoms with Crippen LogP contribution in [0.15, 0.2) is 24.3 Å². The second-order valence-corrected chi connectivity index (χ2v) is 7.08. The van der Waals surface area contributed by atoms with Gasteiger partial charge in [-0.25, -0.2) is 0 Å². The Kier molecular flexibility index (Phi) is 4.67. The van der Waals surface area contributed by atoms with Gasteiger partial charge < -0.3 is 5.32 Å². The first-order valence-corrected chi connectivity index (χ1v) is 7.96. The van der Waals surface area contributed by atoms with Crippen molar-refractivity contribution in [1.82, 2.24) is 10.3 Å². The van der Waals surface area contributed by atoms with Crippen molar-refractivity contribution in [1.29, 1.82) is 0 Å². The normalized spacial score (nSPS) is 13.6. The summed E-state index contributed by atoms with van der Waals surface area (Å²) in [5, 5.41) is 4.89. The number of para-hydroxylation sites is 1. The highest BCUT2D eigenvalue weighted by Crippen LogP contribution is 2.27. The van der Waals surface area contributed by atoms with Crippen LogP contribution in [0.1, 0.15) is 57.9 Å². The van der Waals surface area contributed by atoms with Crippen LogP contribution in [0.2, 0.25) is 0 Å². The van der Waals surface area contributed by atoms with E-state index >= 15 is 0 Å². The van der Waals surface area contributed by atoms with Gasteiger partial charge in [0.2, 0.25) is 0 Å². The van der Waals surface area contributed by atoms with Gasteiger partial charge >= 0.3 is 0 Å². The molecule has 0 aliphatic rings. The summed E-state index contributed by atoms with van der Waals surface area (Å²) < 4.78 is 0. The number of fused-ring (bicyclic) bond motifs is 1. The predicted molar refractivity (Wildman–Crippen MR) is 91.8 cm³/mol. The van der Waals surface area contributed by atoms with Crippen molar-refractivity contribution in [2.24, 2.45) is 0 Å². The Labute approximate surface area is 129 Å². The number of hydrogen-bond acceptors (Lipinski definition) is 2.